The molecule has 1 amide bonds. The molecule has 1 saturated heterocycles. The number of ether oxygens (including phenoxy) is 1. The van der Waals surface area contributed by atoms with Crippen molar-refractivity contribution in [3.63, 3.8) is 0 Å². The molecule has 2 atom stereocenters. The van der Waals surface area contributed by atoms with Crippen molar-refractivity contribution in [2.75, 3.05) is 12.4 Å². The Balaban J connectivity index is 1.66. The first-order valence-electron chi connectivity index (χ1n) is 8.10. The van der Waals surface area contributed by atoms with E-state index in [0.717, 1.165) is 28.1 Å². The fraction of sp³-hybridized carbons (Fsp3) is 0.316. The highest BCUT2D eigenvalue weighted by atomic mass is 16.5. The second-order valence-corrected chi connectivity index (χ2v) is 6.21. The quantitative estimate of drug-likeness (QED) is 0.809. The minimum Gasteiger partial charge on any atom is -0.497 e. The summed E-state index contributed by atoms with van der Waals surface area (Å²) in [6, 6.07) is 13.8. The van der Waals surface area contributed by atoms with E-state index in [-0.39, 0.29) is 18.0 Å². The van der Waals surface area contributed by atoms with Crippen LogP contribution in [0.5, 0.6) is 5.75 Å². The third kappa shape index (κ3) is 3.58. The van der Waals surface area contributed by atoms with Gasteiger partial charge in [-0.1, -0.05) is 24.3 Å². The lowest BCUT2D eigenvalue weighted by molar-refractivity contribution is -0.117. The maximum Gasteiger partial charge on any atom is 0.242 e. The third-order valence-electron chi connectivity index (χ3n) is 4.37. The number of methoxy groups -OCH3 is 1. The standard InChI is InChI=1S/C19H23N3O2/c1-12-7-8-13(2)16(9-12)20-19(23)18-11-17(21-22-18)14-5-4-6-15(10-14)24-3/h4-10,17-18,21-22H,11H2,1-3H3,(H,20,23). The van der Waals surface area contributed by atoms with Crippen molar-refractivity contribution < 1.29 is 9.53 Å². The summed E-state index contributed by atoms with van der Waals surface area (Å²) in [7, 11) is 1.65. The molecule has 0 aromatic heterocycles. The molecular weight excluding hydrogens is 302 g/mol. The average Bonchev–Trinajstić information content (AvgIpc) is 3.08. The van der Waals surface area contributed by atoms with Crippen LogP contribution in [0.2, 0.25) is 0 Å². The van der Waals surface area contributed by atoms with Crippen molar-refractivity contribution in [2.45, 2.75) is 32.4 Å². The highest BCUT2D eigenvalue weighted by molar-refractivity contribution is 5.95. The Hall–Kier alpha value is -2.37. The van der Waals surface area contributed by atoms with E-state index in [1.54, 1.807) is 7.11 Å². The number of hydrogen-bond donors (Lipinski definition) is 3. The number of benzene rings is 2. The van der Waals surface area contributed by atoms with Crippen molar-refractivity contribution in [1.82, 2.24) is 10.9 Å². The zero-order chi connectivity index (χ0) is 17.1. The monoisotopic (exact) mass is 325 g/mol. The van der Waals surface area contributed by atoms with E-state index in [1.165, 1.54) is 0 Å². The van der Waals surface area contributed by atoms with Crippen LogP contribution in [0.25, 0.3) is 0 Å². The molecule has 126 valence electrons. The van der Waals surface area contributed by atoms with E-state index in [4.69, 9.17) is 4.74 Å². The second kappa shape index (κ2) is 7.03. The van der Waals surface area contributed by atoms with Crippen LogP contribution < -0.4 is 20.9 Å². The summed E-state index contributed by atoms with van der Waals surface area (Å²) in [4.78, 5) is 12.5. The van der Waals surface area contributed by atoms with E-state index in [9.17, 15) is 4.79 Å². The predicted molar refractivity (Wildman–Crippen MR) is 95.0 cm³/mol. The maximum atomic E-state index is 12.5. The van der Waals surface area contributed by atoms with Crippen LogP contribution in [0.3, 0.4) is 0 Å². The van der Waals surface area contributed by atoms with Crippen molar-refractivity contribution in [3.8, 4) is 5.75 Å². The minimum atomic E-state index is -0.277. The fourth-order valence-corrected chi connectivity index (χ4v) is 2.90. The lowest BCUT2D eigenvalue weighted by Crippen LogP contribution is -2.39. The largest absolute Gasteiger partial charge is 0.497 e. The Labute approximate surface area is 142 Å². The molecule has 2 aromatic rings. The van der Waals surface area contributed by atoms with E-state index in [1.807, 2.05) is 56.3 Å². The lowest BCUT2D eigenvalue weighted by Gasteiger charge is -2.13. The van der Waals surface area contributed by atoms with Gasteiger partial charge in [0.1, 0.15) is 11.8 Å². The number of carbonyl (C=O) groups is 1. The smallest absolute Gasteiger partial charge is 0.242 e. The number of hydrogen-bond acceptors (Lipinski definition) is 4. The number of hydrazine groups is 1. The van der Waals surface area contributed by atoms with Gasteiger partial charge in [0.2, 0.25) is 5.91 Å². The van der Waals surface area contributed by atoms with Gasteiger partial charge in [-0.2, -0.15) is 0 Å². The average molecular weight is 325 g/mol. The highest BCUT2D eigenvalue weighted by Gasteiger charge is 2.30. The first-order chi connectivity index (χ1) is 11.6. The Morgan fingerprint density at radius 2 is 2.00 bits per heavy atom. The summed E-state index contributed by atoms with van der Waals surface area (Å²) in [6.07, 6.45) is 0.684. The molecule has 1 fully saturated rings. The number of anilines is 1. The third-order valence-corrected chi connectivity index (χ3v) is 4.37. The molecule has 1 aliphatic rings. The Morgan fingerprint density at radius 3 is 2.79 bits per heavy atom. The first kappa shape index (κ1) is 16.5. The SMILES string of the molecule is COc1cccc(C2CC(C(=O)Nc3cc(C)ccc3C)NN2)c1. The molecule has 0 radical (unpaired) electrons. The molecule has 5 heteroatoms. The molecule has 0 bridgehead atoms. The summed E-state index contributed by atoms with van der Waals surface area (Å²) in [5, 5.41) is 3.02. The number of aryl methyl sites for hydroxylation is 2. The van der Waals surface area contributed by atoms with Crippen LogP contribution in [0.1, 0.15) is 29.2 Å². The summed E-state index contributed by atoms with van der Waals surface area (Å²) < 4.78 is 5.26. The van der Waals surface area contributed by atoms with Crippen molar-refractivity contribution in [3.05, 3.63) is 59.2 Å². The molecule has 24 heavy (non-hydrogen) atoms. The molecule has 3 rings (SSSR count). The van der Waals surface area contributed by atoms with Crippen LogP contribution >= 0.6 is 0 Å². The van der Waals surface area contributed by atoms with Gasteiger partial charge in [0, 0.05) is 11.7 Å². The normalized spacial score (nSPS) is 20.0. The lowest BCUT2D eigenvalue weighted by atomic mass is 10.0. The van der Waals surface area contributed by atoms with E-state index in [0.29, 0.717) is 6.42 Å². The fourth-order valence-electron chi connectivity index (χ4n) is 2.90. The van der Waals surface area contributed by atoms with Gasteiger partial charge in [0.25, 0.3) is 0 Å². The van der Waals surface area contributed by atoms with Gasteiger partial charge in [0.05, 0.1) is 7.11 Å². The van der Waals surface area contributed by atoms with Crippen molar-refractivity contribution >= 4 is 11.6 Å². The van der Waals surface area contributed by atoms with Gasteiger partial charge in [-0.15, -0.1) is 0 Å². The van der Waals surface area contributed by atoms with Gasteiger partial charge in [-0.05, 0) is 55.2 Å². The molecular formula is C19H23N3O2. The summed E-state index contributed by atoms with van der Waals surface area (Å²) in [5.41, 5.74) is 10.4. The molecule has 2 unspecified atom stereocenters. The van der Waals surface area contributed by atoms with Gasteiger partial charge in [0.15, 0.2) is 0 Å². The molecule has 0 aliphatic carbocycles. The summed E-state index contributed by atoms with van der Waals surface area (Å²) in [5.74, 6) is 0.791. The van der Waals surface area contributed by atoms with E-state index >= 15 is 0 Å². The van der Waals surface area contributed by atoms with Gasteiger partial charge in [-0.25, -0.2) is 10.9 Å². The molecule has 5 nitrogen and oxygen atoms in total. The number of amides is 1. The molecule has 0 saturated carbocycles. The molecule has 3 N–H and O–H groups in total. The first-order valence-corrected chi connectivity index (χ1v) is 8.10. The van der Waals surface area contributed by atoms with Crippen LogP contribution in [0, 0.1) is 13.8 Å². The number of nitrogens with one attached hydrogen (secondary N) is 3. The second-order valence-electron chi connectivity index (χ2n) is 6.21. The molecule has 2 aromatic carbocycles. The Kier molecular flexibility index (Phi) is 4.83. The van der Waals surface area contributed by atoms with Gasteiger partial charge < -0.3 is 10.1 Å². The highest BCUT2D eigenvalue weighted by Crippen LogP contribution is 2.26. The minimum absolute atomic E-state index is 0.0263. The summed E-state index contributed by atoms with van der Waals surface area (Å²) in [6.45, 7) is 4.01. The van der Waals surface area contributed by atoms with E-state index < -0.39 is 0 Å². The van der Waals surface area contributed by atoms with Gasteiger partial charge in [-0.3, -0.25) is 4.79 Å². The maximum absolute atomic E-state index is 12.5. The topological polar surface area (TPSA) is 62.4 Å². The Bertz CT molecular complexity index is 745. The summed E-state index contributed by atoms with van der Waals surface area (Å²) >= 11 is 0. The zero-order valence-electron chi connectivity index (χ0n) is 14.2. The predicted octanol–water partition coefficient (Wildman–Crippen LogP) is 2.86. The van der Waals surface area contributed by atoms with Crippen molar-refractivity contribution in [2.24, 2.45) is 0 Å². The van der Waals surface area contributed by atoms with Crippen LogP contribution in [-0.4, -0.2) is 19.1 Å². The number of rotatable bonds is 4. The van der Waals surface area contributed by atoms with Crippen LogP contribution in [0.15, 0.2) is 42.5 Å². The molecule has 0 spiro atoms. The Morgan fingerprint density at radius 1 is 1.17 bits per heavy atom. The van der Waals surface area contributed by atoms with Crippen molar-refractivity contribution in [1.29, 1.82) is 0 Å². The molecule has 1 aliphatic heterocycles. The van der Waals surface area contributed by atoms with Crippen LogP contribution in [-0.2, 0) is 4.79 Å². The molecule has 1 heterocycles. The van der Waals surface area contributed by atoms with E-state index in [2.05, 4.69) is 16.2 Å². The van der Waals surface area contributed by atoms with Gasteiger partial charge >= 0.3 is 0 Å². The zero-order valence-corrected chi connectivity index (χ0v) is 14.2. The number of carbonyl (C=O) groups excluding carboxylic acids is 1. The van der Waals surface area contributed by atoms with Crippen LogP contribution in [0.4, 0.5) is 5.69 Å².